The Morgan fingerprint density at radius 2 is 2.00 bits per heavy atom. The van der Waals surface area contributed by atoms with Crippen LogP contribution in [0, 0.1) is 5.82 Å². The lowest BCUT2D eigenvalue weighted by Gasteiger charge is -2.10. The van der Waals surface area contributed by atoms with Gasteiger partial charge in [0, 0.05) is 53.6 Å². The topological polar surface area (TPSA) is 103 Å². The number of hydrogen-bond donors (Lipinski definition) is 3. The molecule has 0 spiro atoms. The molecule has 1 aromatic carbocycles. The summed E-state index contributed by atoms with van der Waals surface area (Å²) in [4.78, 5) is 8.01. The molecule has 0 aliphatic carbocycles. The van der Waals surface area contributed by atoms with E-state index < -0.39 is 5.82 Å². The third kappa shape index (κ3) is 3.00. The molecule has 0 fully saturated rings. The predicted molar refractivity (Wildman–Crippen MR) is 85.0 cm³/mol. The van der Waals surface area contributed by atoms with Crippen molar-refractivity contribution in [1.29, 1.82) is 0 Å². The van der Waals surface area contributed by atoms with Crippen molar-refractivity contribution in [3.63, 3.8) is 0 Å². The Bertz CT molecular complexity index is 722. The van der Waals surface area contributed by atoms with Crippen LogP contribution < -0.4 is 17.2 Å². The number of nitrogens with zero attached hydrogens (tertiary/aromatic N) is 2. The first-order valence-electron chi connectivity index (χ1n) is 6.22. The molecule has 1 aromatic heterocycles. The lowest BCUT2D eigenvalue weighted by atomic mass is 10.0. The number of allylic oxidation sites excluding steroid dienone is 1. The minimum absolute atomic E-state index is 0.229. The molecule has 0 saturated carbocycles. The van der Waals surface area contributed by atoms with Gasteiger partial charge >= 0.3 is 0 Å². The Labute approximate surface area is 122 Å². The van der Waals surface area contributed by atoms with Crippen molar-refractivity contribution < 1.29 is 4.39 Å². The van der Waals surface area contributed by atoms with E-state index in [9.17, 15) is 4.39 Å². The summed E-state index contributed by atoms with van der Waals surface area (Å²) in [5, 5.41) is 0. The van der Waals surface area contributed by atoms with Gasteiger partial charge in [0.05, 0.1) is 0 Å². The Balaban J connectivity index is 2.59. The zero-order chi connectivity index (χ0) is 15.4. The molecule has 0 aliphatic rings. The lowest BCUT2D eigenvalue weighted by Crippen LogP contribution is -2.00. The van der Waals surface area contributed by atoms with Crippen LogP contribution in [0.5, 0.6) is 0 Å². The second-order valence-corrected chi connectivity index (χ2v) is 4.41. The Kier molecular flexibility index (Phi) is 4.18. The van der Waals surface area contributed by atoms with Crippen molar-refractivity contribution in [2.75, 3.05) is 18.5 Å². The number of nitrogen functional groups attached to an aromatic ring is 2. The number of benzene rings is 1. The number of aromatic nitrogens is 1. The number of hydrogen-bond acceptors (Lipinski definition) is 5. The first kappa shape index (κ1) is 14.5. The van der Waals surface area contributed by atoms with Gasteiger partial charge < -0.3 is 17.2 Å². The molecule has 0 atom stereocenters. The Morgan fingerprint density at radius 1 is 1.24 bits per heavy atom. The molecule has 21 heavy (non-hydrogen) atoms. The highest BCUT2D eigenvalue weighted by molar-refractivity contribution is 6.09. The van der Waals surface area contributed by atoms with Gasteiger partial charge in [-0.15, -0.1) is 0 Å². The van der Waals surface area contributed by atoms with Gasteiger partial charge in [-0.3, -0.25) is 4.99 Å². The maximum atomic E-state index is 14.0. The number of halogens is 1. The third-order valence-corrected chi connectivity index (χ3v) is 2.98. The van der Waals surface area contributed by atoms with E-state index >= 15 is 0 Å². The average molecular weight is 285 g/mol. The molecular weight excluding hydrogens is 269 g/mol. The van der Waals surface area contributed by atoms with Gasteiger partial charge in [0.25, 0.3) is 0 Å². The van der Waals surface area contributed by atoms with Crippen molar-refractivity contribution in [3.05, 3.63) is 48.0 Å². The summed E-state index contributed by atoms with van der Waals surface area (Å²) in [5.74, 6) is -0.227. The Morgan fingerprint density at radius 3 is 2.62 bits per heavy atom. The van der Waals surface area contributed by atoms with Crippen molar-refractivity contribution >= 4 is 23.3 Å². The van der Waals surface area contributed by atoms with E-state index in [1.54, 1.807) is 37.7 Å². The largest absolute Gasteiger partial charge is 0.404 e. The van der Waals surface area contributed by atoms with Crippen LogP contribution in [-0.2, 0) is 0 Å². The quantitative estimate of drug-likeness (QED) is 0.593. The molecule has 0 amide bonds. The zero-order valence-corrected chi connectivity index (χ0v) is 11.5. The summed E-state index contributed by atoms with van der Waals surface area (Å²) in [7, 11) is 1.63. The number of anilines is 2. The van der Waals surface area contributed by atoms with E-state index in [2.05, 4.69) is 9.98 Å². The van der Waals surface area contributed by atoms with Gasteiger partial charge in [0.15, 0.2) is 0 Å². The fourth-order valence-electron chi connectivity index (χ4n) is 1.95. The van der Waals surface area contributed by atoms with Crippen LogP contribution in [0.1, 0.15) is 5.56 Å². The van der Waals surface area contributed by atoms with E-state index in [-0.39, 0.29) is 5.82 Å². The van der Waals surface area contributed by atoms with Crippen LogP contribution in [0.2, 0.25) is 0 Å². The van der Waals surface area contributed by atoms with Gasteiger partial charge in [0.2, 0.25) is 0 Å². The molecule has 0 aliphatic heterocycles. The molecule has 6 heteroatoms. The lowest BCUT2D eigenvalue weighted by molar-refractivity contribution is 0.632. The van der Waals surface area contributed by atoms with Crippen molar-refractivity contribution in [1.82, 2.24) is 4.98 Å². The first-order valence-corrected chi connectivity index (χ1v) is 6.22. The third-order valence-electron chi connectivity index (χ3n) is 2.98. The summed E-state index contributed by atoms with van der Waals surface area (Å²) in [6, 6.07) is 6.14. The molecule has 0 saturated heterocycles. The van der Waals surface area contributed by atoms with E-state index in [0.717, 1.165) is 0 Å². The van der Waals surface area contributed by atoms with E-state index in [1.807, 2.05) is 0 Å². The van der Waals surface area contributed by atoms with E-state index in [4.69, 9.17) is 17.2 Å². The molecular formula is C15H16FN5. The fraction of sp³-hybridized carbons (Fsp3) is 0.0667. The highest BCUT2D eigenvalue weighted by Crippen LogP contribution is 2.30. The van der Waals surface area contributed by atoms with Crippen molar-refractivity contribution in [2.24, 2.45) is 10.7 Å². The number of nitrogens with two attached hydrogens (primary N) is 3. The van der Waals surface area contributed by atoms with Crippen LogP contribution >= 0.6 is 0 Å². The number of pyridine rings is 1. The highest BCUT2D eigenvalue weighted by Gasteiger charge is 2.12. The number of rotatable bonds is 3. The summed E-state index contributed by atoms with van der Waals surface area (Å²) in [6.07, 6.45) is 4.56. The summed E-state index contributed by atoms with van der Waals surface area (Å²) in [6.45, 7) is 0. The molecule has 0 radical (unpaired) electrons. The van der Waals surface area contributed by atoms with Gasteiger partial charge in [-0.05, 0) is 24.3 Å². The van der Waals surface area contributed by atoms with Crippen LogP contribution in [0.25, 0.3) is 16.7 Å². The molecule has 5 nitrogen and oxygen atoms in total. The second-order valence-electron chi connectivity index (χ2n) is 4.41. The van der Waals surface area contributed by atoms with E-state index in [1.165, 1.54) is 12.3 Å². The minimum atomic E-state index is -0.455. The predicted octanol–water partition coefficient (Wildman–Crippen LogP) is 2.05. The molecule has 2 rings (SSSR count). The molecule has 0 unspecified atom stereocenters. The standard InChI is InChI=1S/C15H16FN5/c1-20-7-10(6-17)9-4-13(15(19)21-8-9)12-3-2-11(18)5-14(12)16/h2-8H,17-18H2,1H3,(H2,19,21). The van der Waals surface area contributed by atoms with Crippen molar-refractivity contribution in [3.8, 4) is 11.1 Å². The van der Waals surface area contributed by atoms with Gasteiger partial charge in [-0.2, -0.15) is 0 Å². The monoisotopic (exact) mass is 285 g/mol. The SMILES string of the molecule is CN=CC(=CN)c1cnc(N)c(-c2ccc(N)cc2F)c1. The zero-order valence-electron chi connectivity index (χ0n) is 11.5. The van der Waals surface area contributed by atoms with E-state index in [0.29, 0.717) is 28.0 Å². The number of aliphatic imine (C=N–C) groups is 1. The molecule has 1 heterocycles. The van der Waals surface area contributed by atoms with Crippen molar-refractivity contribution in [2.45, 2.75) is 0 Å². The van der Waals surface area contributed by atoms with Gasteiger partial charge in [-0.25, -0.2) is 9.37 Å². The van der Waals surface area contributed by atoms with Crippen LogP contribution in [0.3, 0.4) is 0 Å². The normalized spacial score (nSPS) is 12.0. The maximum absolute atomic E-state index is 14.0. The highest BCUT2D eigenvalue weighted by atomic mass is 19.1. The average Bonchev–Trinajstić information content (AvgIpc) is 2.46. The van der Waals surface area contributed by atoms with Crippen LogP contribution in [-0.4, -0.2) is 18.2 Å². The minimum Gasteiger partial charge on any atom is -0.404 e. The first-order chi connectivity index (χ1) is 10.1. The summed E-state index contributed by atoms with van der Waals surface area (Å²) >= 11 is 0. The smallest absolute Gasteiger partial charge is 0.133 e. The van der Waals surface area contributed by atoms with Crippen LogP contribution in [0.4, 0.5) is 15.9 Å². The summed E-state index contributed by atoms with van der Waals surface area (Å²) < 4.78 is 14.0. The van der Waals surface area contributed by atoms with Gasteiger partial charge in [0.1, 0.15) is 11.6 Å². The molecule has 0 bridgehead atoms. The Hall–Kier alpha value is -2.89. The molecule has 2 aromatic rings. The second kappa shape index (κ2) is 6.04. The molecule has 6 N–H and O–H groups in total. The molecule has 108 valence electrons. The van der Waals surface area contributed by atoms with Gasteiger partial charge in [-0.1, -0.05) is 0 Å². The van der Waals surface area contributed by atoms with Crippen LogP contribution in [0.15, 0.2) is 41.7 Å². The maximum Gasteiger partial charge on any atom is 0.133 e. The fourth-order valence-corrected chi connectivity index (χ4v) is 1.95. The summed E-state index contributed by atoms with van der Waals surface area (Å²) in [5.41, 5.74) is 19.5.